The van der Waals surface area contributed by atoms with Crippen molar-refractivity contribution in [3.05, 3.63) is 53.3 Å². The molecule has 29 heavy (non-hydrogen) atoms. The van der Waals surface area contributed by atoms with E-state index in [0.29, 0.717) is 13.2 Å². The lowest BCUT2D eigenvalue weighted by Gasteiger charge is -2.22. The molecule has 8 heteroatoms. The SMILES string of the molecule is CCC(c1ccc(OCC2CO2)c(Br)c1Br)c1ccc(OCC2CO2)c(Br)c1Br. The smallest absolute Gasteiger partial charge is 0.134 e. The summed E-state index contributed by atoms with van der Waals surface area (Å²) >= 11 is 14.9. The average molecular weight is 656 g/mol. The molecule has 0 spiro atoms. The van der Waals surface area contributed by atoms with Crippen LogP contribution in [0.3, 0.4) is 0 Å². The van der Waals surface area contributed by atoms with Gasteiger partial charge in [-0.3, -0.25) is 0 Å². The first-order valence-electron chi connectivity index (χ1n) is 9.44. The van der Waals surface area contributed by atoms with Gasteiger partial charge in [0.2, 0.25) is 0 Å². The first-order valence-corrected chi connectivity index (χ1v) is 12.6. The van der Waals surface area contributed by atoms with Gasteiger partial charge >= 0.3 is 0 Å². The minimum atomic E-state index is 0.202. The molecular weight excluding hydrogens is 636 g/mol. The molecule has 2 heterocycles. The number of rotatable bonds is 9. The lowest BCUT2D eigenvalue weighted by Crippen LogP contribution is -2.08. The highest BCUT2D eigenvalue weighted by atomic mass is 79.9. The molecule has 0 saturated carbocycles. The Morgan fingerprint density at radius 1 is 0.793 bits per heavy atom. The molecule has 0 aliphatic carbocycles. The normalized spacial score (nSPS) is 21.0. The van der Waals surface area contributed by atoms with Crippen molar-refractivity contribution in [2.24, 2.45) is 0 Å². The number of hydrogen-bond donors (Lipinski definition) is 0. The Morgan fingerprint density at radius 3 is 1.55 bits per heavy atom. The number of epoxide rings is 2. The van der Waals surface area contributed by atoms with Gasteiger partial charge in [-0.15, -0.1) is 0 Å². The Morgan fingerprint density at radius 2 is 1.21 bits per heavy atom. The van der Waals surface area contributed by atoms with Crippen molar-refractivity contribution in [3.63, 3.8) is 0 Å². The fraction of sp³-hybridized carbons (Fsp3) is 0.429. The lowest BCUT2D eigenvalue weighted by atomic mass is 9.89. The molecule has 2 aromatic carbocycles. The average Bonchev–Trinajstić information content (AvgIpc) is 3.62. The van der Waals surface area contributed by atoms with E-state index in [-0.39, 0.29) is 18.1 Å². The van der Waals surface area contributed by atoms with Crippen molar-refractivity contribution in [2.75, 3.05) is 26.4 Å². The largest absolute Gasteiger partial charge is 0.490 e. The minimum absolute atomic E-state index is 0.202. The van der Waals surface area contributed by atoms with Crippen LogP contribution < -0.4 is 9.47 Å². The van der Waals surface area contributed by atoms with Gasteiger partial charge in [0, 0.05) is 14.9 Å². The molecule has 0 radical (unpaired) electrons. The van der Waals surface area contributed by atoms with Crippen LogP contribution in [0.15, 0.2) is 42.2 Å². The summed E-state index contributed by atoms with van der Waals surface area (Å²) in [5.74, 6) is 1.84. The second-order valence-corrected chi connectivity index (χ2v) is 10.2. The Bertz CT molecular complexity index is 825. The van der Waals surface area contributed by atoms with Gasteiger partial charge in [-0.25, -0.2) is 0 Å². The van der Waals surface area contributed by atoms with Gasteiger partial charge in [0.25, 0.3) is 0 Å². The van der Waals surface area contributed by atoms with Crippen molar-refractivity contribution in [1.82, 2.24) is 0 Å². The van der Waals surface area contributed by atoms with E-state index >= 15 is 0 Å². The predicted molar refractivity (Wildman–Crippen MR) is 126 cm³/mol. The highest BCUT2D eigenvalue weighted by molar-refractivity contribution is 9.13. The number of hydrogen-bond acceptors (Lipinski definition) is 4. The van der Waals surface area contributed by atoms with E-state index in [1.165, 1.54) is 11.1 Å². The summed E-state index contributed by atoms with van der Waals surface area (Å²) in [6.07, 6.45) is 1.40. The first-order chi connectivity index (χ1) is 14.0. The summed E-state index contributed by atoms with van der Waals surface area (Å²) in [7, 11) is 0. The van der Waals surface area contributed by atoms with Crippen LogP contribution >= 0.6 is 63.7 Å². The fourth-order valence-electron chi connectivity index (χ4n) is 3.16. The van der Waals surface area contributed by atoms with Gasteiger partial charge in [-0.1, -0.05) is 19.1 Å². The third-order valence-electron chi connectivity index (χ3n) is 4.97. The van der Waals surface area contributed by atoms with Gasteiger partial charge < -0.3 is 18.9 Å². The maximum Gasteiger partial charge on any atom is 0.134 e. The topological polar surface area (TPSA) is 43.5 Å². The molecule has 2 saturated heterocycles. The first kappa shape index (κ1) is 22.1. The highest BCUT2D eigenvalue weighted by Gasteiger charge is 2.27. The third kappa shape index (κ3) is 5.21. The van der Waals surface area contributed by atoms with Gasteiger partial charge in [0.05, 0.1) is 22.2 Å². The van der Waals surface area contributed by atoms with Crippen LogP contribution in [0, 0.1) is 0 Å². The van der Waals surface area contributed by atoms with Crippen molar-refractivity contribution in [1.29, 1.82) is 0 Å². The summed E-state index contributed by atoms with van der Waals surface area (Å²) in [6.45, 7) is 4.91. The standard InChI is InChI=1S/C21H20Br4O4/c1-2-13(14-3-5-16(20(24)18(14)22)28-9-11-7-26-11)15-4-6-17(21(25)19(15)23)29-10-12-8-27-12/h3-6,11-13H,2,7-10H2,1H3. The van der Waals surface area contributed by atoms with Crippen LogP contribution in [0.4, 0.5) is 0 Å². The van der Waals surface area contributed by atoms with Crippen molar-refractivity contribution in [2.45, 2.75) is 31.5 Å². The molecule has 156 valence electrons. The van der Waals surface area contributed by atoms with Crippen LogP contribution in [-0.4, -0.2) is 38.6 Å². The third-order valence-corrected chi connectivity index (χ3v) is 9.31. The second kappa shape index (κ2) is 9.57. The molecular formula is C21H20Br4O4. The van der Waals surface area contributed by atoms with Crippen LogP contribution in [-0.2, 0) is 9.47 Å². The zero-order valence-electron chi connectivity index (χ0n) is 15.7. The Labute approximate surface area is 204 Å². The quantitative estimate of drug-likeness (QED) is 0.278. The Hall–Kier alpha value is -0.120. The van der Waals surface area contributed by atoms with Crippen molar-refractivity contribution < 1.29 is 18.9 Å². The lowest BCUT2D eigenvalue weighted by molar-refractivity contribution is 0.261. The molecule has 4 nitrogen and oxygen atoms in total. The summed E-state index contributed by atoms with van der Waals surface area (Å²) in [4.78, 5) is 0. The summed E-state index contributed by atoms with van der Waals surface area (Å²) in [5, 5.41) is 0. The monoisotopic (exact) mass is 652 g/mol. The van der Waals surface area contributed by atoms with E-state index in [9.17, 15) is 0 Å². The van der Waals surface area contributed by atoms with E-state index in [0.717, 1.165) is 49.0 Å². The molecule has 2 unspecified atom stereocenters. The van der Waals surface area contributed by atoms with Gasteiger partial charge in [-0.05, 0) is 93.4 Å². The van der Waals surface area contributed by atoms with Gasteiger partial charge in [0.15, 0.2) is 0 Å². The Kier molecular flexibility index (Phi) is 7.29. The van der Waals surface area contributed by atoms with Gasteiger partial charge in [0.1, 0.15) is 36.9 Å². The summed E-state index contributed by atoms with van der Waals surface area (Å²) in [6, 6.07) is 8.29. The minimum Gasteiger partial charge on any atom is -0.490 e. The highest BCUT2D eigenvalue weighted by Crippen LogP contribution is 2.45. The molecule has 2 atom stereocenters. The molecule has 0 aromatic heterocycles. The van der Waals surface area contributed by atoms with E-state index in [1.54, 1.807) is 0 Å². The zero-order chi connectivity index (χ0) is 20.5. The molecule has 2 fully saturated rings. The zero-order valence-corrected chi connectivity index (χ0v) is 22.1. The van der Waals surface area contributed by atoms with E-state index in [2.05, 4.69) is 82.8 Å². The number of benzene rings is 2. The summed E-state index contributed by atoms with van der Waals surface area (Å²) < 4.78 is 26.1. The van der Waals surface area contributed by atoms with Gasteiger partial charge in [-0.2, -0.15) is 0 Å². The molecule has 2 aliphatic heterocycles. The number of ether oxygens (including phenoxy) is 4. The Balaban J connectivity index is 1.59. The van der Waals surface area contributed by atoms with Crippen LogP contribution in [0.1, 0.15) is 30.4 Å². The maximum atomic E-state index is 5.88. The molecule has 2 aromatic rings. The predicted octanol–water partition coefficient (Wildman–Crippen LogP) is 6.83. The van der Waals surface area contributed by atoms with Crippen LogP contribution in [0.5, 0.6) is 11.5 Å². The maximum absolute atomic E-state index is 5.88. The number of halogens is 4. The molecule has 0 bridgehead atoms. The molecule has 2 aliphatic rings. The second-order valence-electron chi connectivity index (χ2n) is 7.06. The molecule has 4 rings (SSSR count). The fourth-order valence-corrected chi connectivity index (χ4v) is 5.31. The molecule has 0 amide bonds. The van der Waals surface area contributed by atoms with E-state index < -0.39 is 0 Å². The molecule has 0 N–H and O–H groups in total. The van der Waals surface area contributed by atoms with E-state index in [4.69, 9.17) is 18.9 Å². The summed E-state index contributed by atoms with van der Waals surface area (Å²) in [5.41, 5.74) is 2.39. The van der Waals surface area contributed by atoms with Crippen LogP contribution in [0.25, 0.3) is 0 Å². The van der Waals surface area contributed by atoms with Crippen LogP contribution in [0.2, 0.25) is 0 Å². The van der Waals surface area contributed by atoms with Crippen molar-refractivity contribution >= 4 is 63.7 Å². The van der Waals surface area contributed by atoms with E-state index in [1.807, 2.05) is 12.1 Å². The van der Waals surface area contributed by atoms with Crippen molar-refractivity contribution in [3.8, 4) is 11.5 Å².